The maximum atomic E-state index is 11.3. The fourth-order valence-corrected chi connectivity index (χ4v) is 2.61. The first-order chi connectivity index (χ1) is 10.1. The summed E-state index contributed by atoms with van der Waals surface area (Å²) >= 11 is 0. The molecule has 2 heterocycles. The second kappa shape index (κ2) is 5.82. The molecule has 0 amide bonds. The summed E-state index contributed by atoms with van der Waals surface area (Å²) in [5, 5.41) is 10.3. The largest absolute Gasteiger partial charge is 0.455 e. The molecule has 0 saturated carbocycles. The first-order valence-corrected chi connectivity index (χ1v) is 6.69. The van der Waals surface area contributed by atoms with E-state index in [1.165, 1.54) is 13.8 Å². The average molecular weight is 318 g/mol. The Labute approximate surface area is 126 Å². The van der Waals surface area contributed by atoms with Gasteiger partial charge in [-0.2, -0.15) is 0 Å². The van der Waals surface area contributed by atoms with Gasteiger partial charge in [-0.1, -0.05) is 0 Å². The molecular formula is C13H18O9. The van der Waals surface area contributed by atoms with Crippen LogP contribution in [0.2, 0.25) is 0 Å². The zero-order valence-electron chi connectivity index (χ0n) is 12.6. The summed E-state index contributed by atoms with van der Waals surface area (Å²) in [6.07, 6.45) is -6.07. The molecule has 2 bridgehead atoms. The lowest BCUT2D eigenvalue weighted by atomic mass is 9.95. The van der Waals surface area contributed by atoms with Crippen LogP contribution < -0.4 is 0 Å². The minimum absolute atomic E-state index is 0.634. The Kier molecular flexibility index (Phi) is 4.41. The van der Waals surface area contributed by atoms with Crippen molar-refractivity contribution in [1.29, 1.82) is 0 Å². The molecule has 9 nitrogen and oxygen atoms in total. The number of hydrogen-bond acceptors (Lipinski definition) is 9. The zero-order valence-corrected chi connectivity index (χ0v) is 12.6. The number of aliphatic hydroxyl groups excluding tert-OH is 1. The fourth-order valence-electron chi connectivity index (χ4n) is 2.61. The molecule has 124 valence electrons. The molecule has 0 aromatic carbocycles. The van der Waals surface area contributed by atoms with Crippen LogP contribution in [0.4, 0.5) is 0 Å². The normalized spacial score (nSPS) is 40.0. The van der Waals surface area contributed by atoms with Crippen molar-refractivity contribution in [2.24, 2.45) is 0 Å². The summed E-state index contributed by atoms with van der Waals surface area (Å²) in [6.45, 7) is 4.93. The zero-order chi connectivity index (χ0) is 16.7. The van der Waals surface area contributed by atoms with E-state index in [-0.39, 0.29) is 0 Å². The molecule has 0 unspecified atom stereocenters. The molecule has 0 radical (unpaired) electrons. The molecule has 0 aromatic rings. The molecule has 22 heavy (non-hydrogen) atoms. The maximum absolute atomic E-state index is 11.3. The van der Waals surface area contributed by atoms with Crippen molar-refractivity contribution in [3.05, 3.63) is 0 Å². The quantitative estimate of drug-likeness (QED) is 0.529. The van der Waals surface area contributed by atoms with Crippen LogP contribution >= 0.6 is 0 Å². The summed E-state index contributed by atoms with van der Waals surface area (Å²) < 4.78 is 26.1. The van der Waals surface area contributed by atoms with Crippen molar-refractivity contribution in [1.82, 2.24) is 0 Å². The Hall–Kier alpha value is -1.71. The smallest absolute Gasteiger partial charge is 0.305 e. The van der Waals surface area contributed by atoms with Gasteiger partial charge in [0.15, 0.2) is 18.3 Å². The van der Waals surface area contributed by atoms with Crippen molar-refractivity contribution < 1.29 is 43.2 Å². The van der Waals surface area contributed by atoms with Gasteiger partial charge in [-0.05, 0) is 6.92 Å². The van der Waals surface area contributed by atoms with Gasteiger partial charge in [-0.15, -0.1) is 0 Å². The monoisotopic (exact) mass is 318 g/mol. The first-order valence-electron chi connectivity index (χ1n) is 6.69. The predicted octanol–water partition coefficient (Wildman–Crippen LogP) is -0.755. The van der Waals surface area contributed by atoms with Gasteiger partial charge in [0, 0.05) is 20.8 Å². The molecule has 6 atom stereocenters. The molecule has 0 spiro atoms. The Balaban J connectivity index is 2.32. The van der Waals surface area contributed by atoms with Crippen LogP contribution in [0.3, 0.4) is 0 Å². The van der Waals surface area contributed by atoms with Crippen LogP contribution in [0.15, 0.2) is 0 Å². The minimum Gasteiger partial charge on any atom is -0.455 e. The molecule has 2 aliphatic rings. The van der Waals surface area contributed by atoms with E-state index in [9.17, 15) is 19.5 Å². The summed E-state index contributed by atoms with van der Waals surface area (Å²) in [6, 6.07) is 0. The van der Waals surface area contributed by atoms with Gasteiger partial charge < -0.3 is 28.8 Å². The van der Waals surface area contributed by atoms with E-state index >= 15 is 0 Å². The second-order valence-electron chi connectivity index (χ2n) is 5.29. The SMILES string of the molecule is CC(=O)O[C@@H]1O[C@@]2(C)O[C@@H]1[C@@H](O)[C@H](OC(C)=O)[C@@H]2OC(C)=O. The highest BCUT2D eigenvalue weighted by molar-refractivity contribution is 5.68. The van der Waals surface area contributed by atoms with Gasteiger partial charge >= 0.3 is 17.9 Å². The number of carbonyl (C=O) groups is 3. The van der Waals surface area contributed by atoms with Crippen molar-refractivity contribution >= 4 is 17.9 Å². The molecule has 1 N–H and O–H groups in total. The van der Waals surface area contributed by atoms with Crippen LogP contribution in [0, 0.1) is 0 Å². The number of fused-ring (bicyclic) bond motifs is 2. The molecular weight excluding hydrogens is 300 g/mol. The van der Waals surface area contributed by atoms with Crippen LogP contribution in [0.25, 0.3) is 0 Å². The van der Waals surface area contributed by atoms with E-state index < -0.39 is 54.4 Å². The van der Waals surface area contributed by atoms with Crippen molar-refractivity contribution in [3.63, 3.8) is 0 Å². The number of ether oxygens (including phenoxy) is 5. The standard InChI is InChI=1S/C13H18O9/c1-5(14)18-9-8(17)10-12(20-7(3)16)22-13(4,21-10)11(9)19-6(2)15/h8-12,17H,1-4H3/t8-,9-,10+,11-,12+,13+/m0/s1. The Morgan fingerprint density at radius 3 is 2.00 bits per heavy atom. The van der Waals surface area contributed by atoms with Crippen LogP contribution in [-0.4, -0.2) is 59.5 Å². The third kappa shape index (κ3) is 3.06. The molecule has 9 heteroatoms. The highest BCUT2D eigenvalue weighted by Crippen LogP contribution is 2.43. The first kappa shape index (κ1) is 16.7. The number of rotatable bonds is 3. The van der Waals surface area contributed by atoms with Gasteiger partial charge in [-0.3, -0.25) is 14.4 Å². The lowest BCUT2D eigenvalue weighted by Crippen LogP contribution is -2.62. The highest BCUT2D eigenvalue weighted by Gasteiger charge is 2.65. The van der Waals surface area contributed by atoms with Crippen molar-refractivity contribution in [2.45, 2.75) is 64.2 Å². The van der Waals surface area contributed by atoms with Crippen molar-refractivity contribution in [3.8, 4) is 0 Å². The minimum atomic E-state index is -1.52. The van der Waals surface area contributed by atoms with E-state index in [1.54, 1.807) is 0 Å². The molecule has 2 rings (SSSR count). The van der Waals surface area contributed by atoms with Crippen LogP contribution in [0.5, 0.6) is 0 Å². The summed E-state index contributed by atoms with van der Waals surface area (Å²) in [7, 11) is 0. The number of carbonyl (C=O) groups excluding carboxylic acids is 3. The predicted molar refractivity (Wildman–Crippen MR) is 67.0 cm³/mol. The molecule has 0 aliphatic carbocycles. The van der Waals surface area contributed by atoms with E-state index in [1.807, 2.05) is 0 Å². The molecule has 2 saturated heterocycles. The number of esters is 3. The second-order valence-corrected chi connectivity index (χ2v) is 5.29. The maximum Gasteiger partial charge on any atom is 0.305 e. The molecule has 2 fully saturated rings. The Morgan fingerprint density at radius 1 is 0.955 bits per heavy atom. The highest BCUT2D eigenvalue weighted by atomic mass is 16.8. The fraction of sp³-hybridized carbons (Fsp3) is 0.769. The molecule has 2 aliphatic heterocycles. The van der Waals surface area contributed by atoms with Crippen molar-refractivity contribution in [2.75, 3.05) is 0 Å². The van der Waals surface area contributed by atoms with Gasteiger partial charge in [0.05, 0.1) is 0 Å². The number of aliphatic hydroxyl groups is 1. The average Bonchev–Trinajstić information content (AvgIpc) is 2.65. The van der Waals surface area contributed by atoms with E-state index in [4.69, 9.17) is 23.7 Å². The van der Waals surface area contributed by atoms with Crippen LogP contribution in [-0.2, 0) is 38.1 Å². The van der Waals surface area contributed by atoms with Gasteiger partial charge in [0.25, 0.3) is 0 Å². The lowest BCUT2D eigenvalue weighted by molar-refractivity contribution is -0.295. The van der Waals surface area contributed by atoms with E-state index in [0.29, 0.717) is 0 Å². The van der Waals surface area contributed by atoms with Gasteiger partial charge in [0.2, 0.25) is 12.1 Å². The number of hydrogen-bond donors (Lipinski definition) is 1. The van der Waals surface area contributed by atoms with E-state index in [2.05, 4.69) is 0 Å². The van der Waals surface area contributed by atoms with Gasteiger partial charge in [0.1, 0.15) is 6.10 Å². The lowest BCUT2D eigenvalue weighted by Gasteiger charge is -2.41. The van der Waals surface area contributed by atoms with Gasteiger partial charge in [-0.25, -0.2) is 0 Å². The Morgan fingerprint density at radius 2 is 1.50 bits per heavy atom. The van der Waals surface area contributed by atoms with Crippen LogP contribution in [0.1, 0.15) is 27.7 Å². The summed E-state index contributed by atoms with van der Waals surface area (Å²) in [5.74, 6) is -3.49. The third-order valence-corrected chi connectivity index (χ3v) is 3.35. The topological polar surface area (TPSA) is 118 Å². The summed E-state index contributed by atoms with van der Waals surface area (Å²) in [4.78, 5) is 33.6. The molecule has 0 aromatic heterocycles. The van der Waals surface area contributed by atoms with E-state index in [0.717, 1.165) is 13.8 Å². The summed E-state index contributed by atoms with van der Waals surface area (Å²) in [5.41, 5.74) is 0. The Bertz CT molecular complexity index is 490. The third-order valence-electron chi connectivity index (χ3n) is 3.35.